The van der Waals surface area contributed by atoms with E-state index in [-0.39, 0.29) is 16.8 Å². The molecule has 154 valence electrons. The van der Waals surface area contributed by atoms with Crippen molar-refractivity contribution in [1.82, 2.24) is 10.3 Å². The maximum atomic E-state index is 13.3. The summed E-state index contributed by atoms with van der Waals surface area (Å²) in [5, 5.41) is 12.5. The highest BCUT2D eigenvalue weighted by atomic mass is 19.4. The molecule has 0 saturated carbocycles. The molecule has 0 amide bonds. The average Bonchev–Trinajstić information content (AvgIpc) is 2.63. The molecule has 3 nitrogen and oxygen atoms in total. The van der Waals surface area contributed by atoms with Crippen molar-refractivity contribution in [2.24, 2.45) is 0 Å². The van der Waals surface area contributed by atoms with Gasteiger partial charge < -0.3 is 10.4 Å². The Kier molecular flexibility index (Phi) is 7.06. The Bertz CT molecular complexity index is 771. The number of aromatic nitrogens is 1. The number of hydrogen-bond acceptors (Lipinski definition) is 3. The molecular formula is C19H20F6N2O. The first-order valence-electron chi connectivity index (χ1n) is 8.67. The molecule has 1 atom stereocenters. The van der Waals surface area contributed by atoms with Crippen LogP contribution in [0.25, 0.3) is 11.3 Å². The van der Waals surface area contributed by atoms with Gasteiger partial charge in [-0.2, -0.15) is 26.3 Å². The quantitative estimate of drug-likeness (QED) is 0.490. The van der Waals surface area contributed by atoms with Gasteiger partial charge in [0, 0.05) is 5.56 Å². The van der Waals surface area contributed by atoms with Crippen molar-refractivity contribution in [1.29, 1.82) is 0 Å². The summed E-state index contributed by atoms with van der Waals surface area (Å²) in [6.07, 6.45) is -7.64. The largest absolute Gasteiger partial charge is 0.433 e. The summed E-state index contributed by atoms with van der Waals surface area (Å²) < 4.78 is 77.9. The van der Waals surface area contributed by atoms with Crippen LogP contribution in [0, 0.1) is 0 Å². The van der Waals surface area contributed by atoms with Crippen LogP contribution in [0.4, 0.5) is 26.3 Å². The molecule has 2 N–H and O–H groups in total. The van der Waals surface area contributed by atoms with Gasteiger partial charge in [-0.3, -0.25) is 0 Å². The molecule has 1 aromatic carbocycles. The zero-order chi connectivity index (χ0) is 20.9. The van der Waals surface area contributed by atoms with E-state index >= 15 is 0 Å². The number of alkyl halides is 6. The van der Waals surface area contributed by atoms with E-state index in [4.69, 9.17) is 0 Å². The lowest BCUT2D eigenvalue weighted by atomic mass is 10.0. The number of benzene rings is 1. The van der Waals surface area contributed by atoms with Crippen molar-refractivity contribution < 1.29 is 31.4 Å². The van der Waals surface area contributed by atoms with E-state index in [1.165, 1.54) is 6.07 Å². The highest BCUT2D eigenvalue weighted by Crippen LogP contribution is 2.34. The first kappa shape index (κ1) is 22.2. The van der Waals surface area contributed by atoms with E-state index in [0.29, 0.717) is 6.54 Å². The van der Waals surface area contributed by atoms with E-state index in [9.17, 15) is 31.4 Å². The van der Waals surface area contributed by atoms with Gasteiger partial charge in [-0.15, -0.1) is 0 Å². The zero-order valence-corrected chi connectivity index (χ0v) is 15.0. The van der Waals surface area contributed by atoms with Gasteiger partial charge in [0.25, 0.3) is 0 Å². The maximum Gasteiger partial charge on any atom is 0.433 e. The number of halogens is 6. The van der Waals surface area contributed by atoms with Gasteiger partial charge in [0.2, 0.25) is 0 Å². The van der Waals surface area contributed by atoms with Crippen LogP contribution in [0.2, 0.25) is 0 Å². The van der Waals surface area contributed by atoms with Gasteiger partial charge in [0.15, 0.2) is 0 Å². The summed E-state index contributed by atoms with van der Waals surface area (Å²) >= 11 is 0. The second kappa shape index (κ2) is 8.91. The Labute approximate surface area is 158 Å². The number of rotatable bonds is 7. The minimum Gasteiger partial charge on any atom is -0.394 e. The van der Waals surface area contributed by atoms with Gasteiger partial charge >= 0.3 is 12.4 Å². The number of hydrogen-bond donors (Lipinski definition) is 2. The zero-order valence-electron chi connectivity index (χ0n) is 15.0. The van der Waals surface area contributed by atoms with Gasteiger partial charge in [0.05, 0.1) is 23.9 Å². The summed E-state index contributed by atoms with van der Waals surface area (Å²) in [7, 11) is 0. The molecule has 0 aliphatic heterocycles. The lowest BCUT2D eigenvalue weighted by Crippen LogP contribution is -2.26. The molecule has 2 rings (SSSR count). The second-order valence-electron chi connectivity index (χ2n) is 6.29. The summed E-state index contributed by atoms with van der Waals surface area (Å²) in [4.78, 5) is 3.56. The van der Waals surface area contributed by atoms with Crippen LogP contribution in [-0.4, -0.2) is 23.2 Å². The Balaban J connectivity index is 2.46. The molecule has 1 heterocycles. The highest BCUT2D eigenvalue weighted by molar-refractivity contribution is 5.61. The van der Waals surface area contributed by atoms with Crippen molar-refractivity contribution in [3.63, 3.8) is 0 Å². The molecule has 0 radical (unpaired) electrons. The van der Waals surface area contributed by atoms with Crippen LogP contribution >= 0.6 is 0 Å². The summed E-state index contributed by atoms with van der Waals surface area (Å²) in [5.41, 5.74) is -1.91. The molecule has 0 aliphatic rings. The first-order chi connectivity index (χ1) is 13.1. The number of nitrogens with one attached hydrogen (secondary N) is 1. The van der Waals surface area contributed by atoms with Crippen molar-refractivity contribution in [3.8, 4) is 11.3 Å². The third-order valence-corrected chi connectivity index (χ3v) is 4.15. The minimum atomic E-state index is -4.74. The molecule has 0 bridgehead atoms. The molecule has 0 fully saturated rings. The smallest absolute Gasteiger partial charge is 0.394 e. The monoisotopic (exact) mass is 406 g/mol. The number of aliphatic hydroxyl groups excluding tert-OH is 1. The van der Waals surface area contributed by atoms with Crippen LogP contribution in [0.15, 0.2) is 36.4 Å². The number of pyridine rings is 1. The van der Waals surface area contributed by atoms with Crippen LogP contribution in [0.3, 0.4) is 0 Å². The van der Waals surface area contributed by atoms with E-state index in [1.807, 2.05) is 6.92 Å². The average molecular weight is 406 g/mol. The fourth-order valence-corrected chi connectivity index (χ4v) is 2.62. The van der Waals surface area contributed by atoms with Crippen molar-refractivity contribution in [2.75, 3.05) is 13.2 Å². The normalized spacial score (nSPS) is 13.6. The van der Waals surface area contributed by atoms with Gasteiger partial charge in [0.1, 0.15) is 5.69 Å². The van der Waals surface area contributed by atoms with Gasteiger partial charge in [-0.25, -0.2) is 4.98 Å². The highest BCUT2D eigenvalue weighted by Gasteiger charge is 2.34. The molecular weight excluding hydrogens is 386 g/mol. The maximum absolute atomic E-state index is 13.3. The van der Waals surface area contributed by atoms with Crippen molar-refractivity contribution in [3.05, 3.63) is 53.2 Å². The third kappa shape index (κ3) is 5.68. The summed E-state index contributed by atoms with van der Waals surface area (Å²) in [6, 6.07) is 5.18. The standard InChI is InChI=1S/C19H20F6N2O/c1-2-3-8-26-16(11-28)13-9-15(27-17(10-13)19(23,24)25)12-4-6-14(7-5-12)18(20,21)22/h4-7,9-10,16,26,28H,2-3,8,11H2,1H3/t16-/m1/s1. The molecule has 0 spiro atoms. The Morgan fingerprint density at radius 3 is 2.14 bits per heavy atom. The van der Waals surface area contributed by atoms with Crippen molar-refractivity contribution in [2.45, 2.75) is 38.2 Å². The molecule has 0 unspecified atom stereocenters. The van der Waals surface area contributed by atoms with Crippen LogP contribution in [0.5, 0.6) is 0 Å². The molecule has 0 saturated heterocycles. The Morgan fingerprint density at radius 2 is 1.64 bits per heavy atom. The summed E-state index contributed by atoms with van der Waals surface area (Å²) in [6.45, 7) is 2.02. The molecule has 0 aliphatic carbocycles. The molecule has 2 aromatic rings. The topological polar surface area (TPSA) is 45.1 Å². The number of nitrogens with zero attached hydrogens (tertiary/aromatic N) is 1. The van der Waals surface area contributed by atoms with E-state index in [2.05, 4.69) is 10.3 Å². The molecule has 1 aromatic heterocycles. The Morgan fingerprint density at radius 1 is 1.00 bits per heavy atom. The summed E-state index contributed by atoms with van der Waals surface area (Å²) in [5.74, 6) is 0. The lowest BCUT2D eigenvalue weighted by Gasteiger charge is -2.19. The van der Waals surface area contributed by atoms with Crippen molar-refractivity contribution >= 4 is 0 Å². The second-order valence-corrected chi connectivity index (χ2v) is 6.29. The van der Waals surface area contributed by atoms with E-state index in [0.717, 1.165) is 43.2 Å². The number of unbranched alkanes of at least 4 members (excludes halogenated alkanes) is 1. The predicted molar refractivity (Wildman–Crippen MR) is 92.4 cm³/mol. The van der Waals surface area contributed by atoms with E-state index < -0.39 is 36.3 Å². The molecule has 9 heteroatoms. The minimum absolute atomic E-state index is 0.116. The van der Waals surface area contributed by atoms with Gasteiger partial charge in [-0.1, -0.05) is 25.5 Å². The van der Waals surface area contributed by atoms with Crippen LogP contribution < -0.4 is 5.32 Å². The fourth-order valence-electron chi connectivity index (χ4n) is 2.62. The first-order valence-corrected chi connectivity index (χ1v) is 8.67. The van der Waals surface area contributed by atoms with Crippen LogP contribution in [0.1, 0.15) is 42.6 Å². The SMILES string of the molecule is CCCCN[C@H](CO)c1cc(-c2ccc(C(F)(F)F)cc2)nc(C(F)(F)F)c1. The van der Waals surface area contributed by atoms with E-state index in [1.54, 1.807) is 0 Å². The Hall–Kier alpha value is -2.13. The fraction of sp³-hybridized carbons (Fsp3) is 0.421. The lowest BCUT2D eigenvalue weighted by molar-refractivity contribution is -0.141. The van der Waals surface area contributed by atoms with Crippen LogP contribution in [-0.2, 0) is 12.4 Å². The van der Waals surface area contributed by atoms with Gasteiger partial charge in [-0.05, 0) is 42.8 Å². The number of aliphatic hydroxyl groups is 1. The molecule has 28 heavy (non-hydrogen) atoms. The third-order valence-electron chi connectivity index (χ3n) is 4.15. The predicted octanol–water partition coefficient (Wildman–Crippen LogP) is 5.21.